The summed E-state index contributed by atoms with van der Waals surface area (Å²) >= 11 is 0. The minimum Gasteiger partial charge on any atom is -0.390 e. The van der Waals surface area contributed by atoms with Gasteiger partial charge in [-0.1, -0.05) is 30.3 Å². The van der Waals surface area contributed by atoms with Crippen LogP contribution >= 0.6 is 0 Å². The number of aryl methyl sites for hydroxylation is 1. The van der Waals surface area contributed by atoms with Gasteiger partial charge >= 0.3 is 5.69 Å². The minimum atomic E-state index is -0.815. The monoisotopic (exact) mass is 331 g/mol. The van der Waals surface area contributed by atoms with E-state index in [0.717, 1.165) is 5.56 Å². The van der Waals surface area contributed by atoms with Crippen molar-refractivity contribution in [1.29, 1.82) is 0 Å². The third kappa shape index (κ3) is 3.64. The Morgan fingerprint density at radius 3 is 2.79 bits per heavy atom. The van der Waals surface area contributed by atoms with Crippen LogP contribution in [0.4, 0.5) is 0 Å². The first-order valence-electron chi connectivity index (χ1n) is 7.69. The lowest BCUT2D eigenvalue weighted by Crippen LogP contribution is -2.33. The summed E-state index contributed by atoms with van der Waals surface area (Å²) in [5.41, 5.74) is 0.440. The van der Waals surface area contributed by atoms with Crippen molar-refractivity contribution < 1.29 is 14.6 Å². The van der Waals surface area contributed by atoms with E-state index in [1.165, 1.54) is 10.8 Å². The van der Waals surface area contributed by atoms with Crippen LogP contribution in [0.5, 0.6) is 0 Å². The second-order valence-electron chi connectivity index (χ2n) is 5.75. The van der Waals surface area contributed by atoms with Gasteiger partial charge in [-0.25, -0.2) is 4.79 Å². The van der Waals surface area contributed by atoms with Gasteiger partial charge in [0, 0.05) is 18.2 Å². The Balaban J connectivity index is 1.61. The molecule has 1 aliphatic rings. The molecular weight excluding hydrogens is 312 g/mol. The van der Waals surface area contributed by atoms with Crippen LogP contribution in [0.15, 0.2) is 46.1 Å². The summed E-state index contributed by atoms with van der Waals surface area (Å²) < 4.78 is 12.5. The molecule has 3 rings (SSSR count). The maximum Gasteiger partial charge on any atom is 0.330 e. The second kappa shape index (κ2) is 7.12. The molecule has 2 atom stereocenters. The molecule has 1 saturated heterocycles. The number of hydrogen-bond acceptors (Lipinski definition) is 5. The zero-order valence-corrected chi connectivity index (χ0v) is 13.3. The molecule has 0 unspecified atom stereocenters. The fourth-order valence-electron chi connectivity index (χ4n) is 2.57. The maximum absolute atomic E-state index is 11.9. The van der Waals surface area contributed by atoms with Crippen molar-refractivity contribution in [2.24, 2.45) is 0 Å². The molecule has 1 aromatic carbocycles. The fourth-order valence-corrected chi connectivity index (χ4v) is 2.57. The number of benzene rings is 1. The van der Waals surface area contributed by atoms with Crippen LogP contribution in [-0.4, -0.2) is 27.4 Å². The molecule has 0 aliphatic carbocycles. The van der Waals surface area contributed by atoms with Crippen molar-refractivity contribution in [3.63, 3.8) is 0 Å². The van der Waals surface area contributed by atoms with Gasteiger partial charge in [0.1, 0.15) is 6.23 Å². The van der Waals surface area contributed by atoms with Gasteiger partial charge < -0.3 is 14.6 Å². The predicted octanol–water partition coefficient (Wildman–Crippen LogP) is 0.874. The number of hydrogen-bond donors (Lipinski definition) is 2. The zero-order chi connectivity index (χ0) is 17.1. The van der Waals surface area contributed by atoms with Gasteiger partial charge in [-0.15, -0.1) is 0 Å². The summed E-state index contributed by atoms with van der Waals surface area (Å²) in [7, 11) is 0. The number of ether oxygens (including phenoxy) is 2. The predicted molar refractivity (Wildman–Crippen MR) is 86.1 cm³/mol. The molecule has 1 aliphatic heterocycles. The van der Waals surface area contributed by atoms with Gasteiger partial charge in [-0.2, -0.15) is 0 Å². The highest BCUT2D eigenvalue weighted by Gasteiger charge is 2.36. The van der Waals surface area contributed by atoms with Crippen molar-refractivity contribution in [1.82, 2.24) is 9.55 Å². The van der Waals surface area contributed by atoms with Crippen molar-refractivity contribution in [3.8, 4) is 0 Å². The first-order valence-corrected chi connectivity index (χ1v) is 7.69. The summed E-state index contributed by atoms with van der Waals surface area (Å²) in [4.78, 5) is 25.6. The molecule has 7 nitrogen and oxygen atoms in total. The highest BCUT2D eigenvalue weighted by molar-refractivity contribution is 5.13. The number of aromatic amines is 1. The maximum atomic E-state index is 11.9. The van der Waals surface area contributed by atoms with E-state index in [2.05, 4.69) is 4.98 Å². The van der Waals surface area contributed by atoms with Gasteiger partial charge in [-0.3, -0.25) is 14.3 Å². The Hall–Kier alpha value is -2.22. The third-order valence-electron chi connectivity index (χ3n) is 3.90. The van der Waals surface area contributed by atoms with E-state index in [-0.39, 0.29) is 13.0 Å². The number of nitrogens with one attached hydrogen (secondary N) is 1. The average molecular weight is 331 g/mol. The van der Waals surface area contributed by atoms with E-state index in [1.54, 1.807) is 6.92 Å². The van der Waals surface area contributed by atoms with Gasteiger partial charge in [-0.05, 0) is 12.5 Å². The average Bonchev–Trinajstić information content (AvgIpc) is 2.93. The minimum absolute atomic E-state index is 0.143. The van der Waals surface area contributed by atoms with E-state index in [1.807, 2.05) is 30.3 Å². The SMILES string of the molecule is Cc1cn([C@H]2C[C@H](O)[C](COCc3ccccc3)O2)c(=O)[nH]c1=O. The molecule has 0 saturated carbocycles. The van der Waals surface area contributed by atoms with Crippen LogP contribution in [0.1, 0.15) is 23.8 Å². The molecule has 1 aromatic heterocycles. The topological polar surface area (TPSA) is 93.6 Å². The van der Waals surface area contributed by atoms with Crippen molar-refractivity contribution in [2.75, 3.05) is 6.61 Å². The molecule has 1 radical (unpaired) electrons. The quantitative estimate of drug-likeness (QED) is 0.848. The van der Waals surface area contributed by atoms with Gasteiger partial charge in [0.15, 0.2) is 6.10 Å². The Bertz CT molecular complexity index is 799. The van der Waals surface area contributed by atoms with Gasteiger partial charge in [0.05, 0.1) is 19.3 Å². The number of nitrogens with zero attached hydrogens (tertiary/aromatic N) is 1. The molecule has 7 heteroatoms. The molecule has 0 amide bonds. The summed E-state index contributed by atoms with van der Waals surface area (Å²) in [5, 5.41) is 10.1. The molecule has 2 aromatic rings. The molecule has 24 heavy (non-hydrogen) atoms. The van der Waals surface area contributed by atoms with E-state index < -0.39 is 23.6 Å². The Morgan fingerprint density at radius 2 is 2.04 bits per heavy atom. The molecule has 1 fully saturated rings. The summed E-state index contributed by atoms with van der Waals surface area (Å²) in [6.07, 6.45) is 0.580. The Labute approximate surface area is 138 Å². The van der Waals surface area contributed by atoms with E-state index in [0.29, 0.717) is 18.3 Å². The Morgan fingerprint density at radius 1 is 1.29 bits per heavy atom. The highest BCUT2D eigenvalue weighted by Crippen LogP contribution is 2.32. The van der Waals surface area contributed by atoms with Crippen LogP contribution in [0.2, 0.25) is 0 Å². The molecule has 0 spiro atoms. The Kier molecular flexibility index (Phi) is 4.94. The molecule has 2 N–H and O–H groups in total. The molecule has 127 valence electrons. The number of aliphatic hydroxyl groups excluding tert-OH is 1. The zero-order valence-electron chi connectivity index (χ0n) is 13.3. The van der Waals surface area contributed by atoms with E-state index in [4.69, 9.17) is 9.47 Å². The standard InChI is InChI=1S/C17H19N2O5/c1-11-8-19(17(22)18-16(11)21)15-7-13(20)14(24-15)10-23-9-12-5-3-2-4-6-12/h2-6,8,13,15,20H,7,9-10H2,1H3,(H,18,21,22)/t13-,15+/m0/s1. The number of aromatic nitrogens is 2. The summed E-state index contributed by atoms with van der Waals surface area (Å²) in [6.45, 7) is 2.15. The van der Waals surface area contributed by atoms with E-state index >= 15 is 0 Å². The first-order chi connectivity index (χ1) is 11.5. The largest absolute Gasteiger partial charge is 0.390 e. The van der Waals surface area contributed by atoms with Crippen LogP contribution in [0.3, 0.4) is 0 Å². The highest BCUT2D eigenvalue weighted by atomic mass is 16.6. The van der Waals surface area contributed by atoms with Crippen molar-refractivity contribution in [2.45, 2.75) is 32.3 Å². The van der Waals surface area contributed by atoms with Gasteiger partial charge in [0.2, 0.25) is 0 Å². The first kappa shape index (κ1) is 16.6. The van der Waals surface area contributed by atoms with Gasteiger partial charge in [0.25, 0.3) is 5.56 Å². The molecular formula is C17H19N2O5. The number of H-pyrrole nitrogens is 1. The lowest BCUT2D eigenvalue weighted by atomic mass is 10.2. The lowest BCUT2D eigenvalue weighted by molar-refractivity contribution is -0.00269. The second-order valence-corrected chi connectivity index (χ2v) is 5.75. The fraction of sp³-hybridized carbons (Fsp3) is 0.353. The molecule has 0 bridgehead atoms. The van der Waals surface area contributed by atoms with Crippen LogP contribution in [0, 0.1) is 13.0 Å². The molecule has 2 heterocycles. The smallest absolute Gasteiger partial charge is 0.330 e. The van der Waals surface area contributed by atoms with Crippen molar-refractivity contribution in [3.05, 3.63) is 74.6 Å². The van der Waals surface area contributed by atoms with Crippen molar-refractivity contribution >= 4 is 0 Å². The summed E-state index contributed by atoms with van der Waals surface area (Å²) in [5.74, 6) is 0. The van der Waals surface area contributed by atoms with Crippen LogP contribution in [0.25, 0.3) is 0 Å². The van der Waals surface area contributed by atoms with E-state index in [9.17, 15) is 14.7 Å². The number of rotatable bonds is 5. The van der Waals surface area contributed by atoms with Crippen LogP contribution in [-0.2, 0) is 16.1 Å². The normalized spacial score (nSPS) is 21.2. The third-order valence-corrected chi connectivity index (χ3v) is 3.90. The summed E-state index contributed by atoms with van der Waals surface area (Å²) in [6, 6.07) is 9.67. The number of aliphatic hydroxyl groups is 1. The lowest BCUT2D eigenvalue weighted by Gasteiger charge is -2.15. The van der Waals surface area contributed by atoms with Crippen LogP contribution < -0.4 is 11.2 Å².